The fourth-order valence-corrected chi connectivity index (χ4v) is 2.84. The maximum absolute atomic E-state index is 6.05. The van der Waals surface area contributed by atoms with Crippen LogP contribution in [0.2, 0.25) is 5.02 Å². The minimum Gasteiger partial charge on any atom is -0.327 e. The molecule has 94 valence electrons. The van der Waals surface area contributed by atoms with E-state index in [4.69, 9.17) is 17.3 Å². The van der Waals surface area contributed by atoms with Crippen molar-refractivity contribution >= 4 is 23.4 Å². The lowest BCUT2D eigenvalue weighted by Gasteiger charge is -2.20. The molecule has 2 atom stereocenters. The first kappa shape index (κ1) is 13.3. The van der Waals surface area contributed by atoms with Crippen LogP contribution in [0.25, 0.3) is 0 Å². The van der Waals surface area contributed by atoms with E-state index in [1.54, 1.807) is 30.4 Å². The average Bonchev–Trinajstić information content (AvgIpc) is 2.37. The van der Waals surface area contributed by atoms with Gasteiger partial charge in [-0.25, -0.2) is 4.98 Å². The second-order valence-corrected chi connectivity index (χ2v) is 5.59. The van der Waals surface area contributed by atoms with Gasteiger partial charge in [0.15, 0.2) is 0 Å². The van der Waals surface area contributed by atoms with Crippen molar-refractivity contribution in [3.8, 4) is 0 Å². The Balaban J connectivity index is 2.24. The SMILES string of the molecule is CC(N)C(Sc1cnccn1)c1cccc(Cl)c1. The standard InChI is InChI=1S/C13H14ClN3S/c1-9(15)13(10-3-2-4-11(14)7-10)18-12-8-16-5-6-17-12/h2-9,13H,15H2,1H3. The highest BCUT2D eigenvalue weighted by atomic mass is 35.5. The number of nitrogens with two attached hydrogens (primary N) is 1. The van der Waals surface area contributed by atoms with Crippen LogP contribution in [0.1, 0.15) is 17.7 Å². The molecule has 1 heterocycles. The van der Waals surface area contributed by atoms with E-state index in [1.807, 2.05) is 31.2 Å². The van der Waals surface area contributed by atoms with Crippen molar-refractivity contribution in [3.63, 3.8) is 0 Å². The Bertz CT molecular complexity index is 505. The molecule has 2 rings (SSSR count). The van der Waals surface area contributed by atoms with E-state index in [0.29, 0.717) is 0 Å². The summed E-state index contributed by atoms with van der Waals surface area (Å²) in [6.45, 7) is 1.98. The fourth-order valence-electron chi connectivity index (χ4n) is 1.64. The average molecular weight is 280 g/mol. The summed E-state index contributed by atoms with van der Waals surface area (Å²) < 4.78 is 0. The molecule has 1 aromatic heterocycles. The van der Waals surface area contributed by atoms with Crippen LogP contribution in [0.3, 0.4) is 0 Å². The normalized spacial score (nSPS) is 14.2. The highest BCUT2D eigenvalue weighted by Gasteiger charge is 2.18. The summed E-state index contributed by atoms with van der Waals surface area (Å²) in [5.41, 5.74) is 7.16. The second kappa shape index (κ2) is 6.18. The molecule has 5 heteroatoms. The monoisotopic (exact) mass is 279 g/mol. The largest absolute Gasteiger partial charge is 0.327 e. The molecule has 2 N–H and O–H groups in total. The maximum Gasteiger partial charge on any atom is 0.115 e. The van der Waals surface area contributed by atoms with Crippen LogP contribution in [0.5, 0.6) is 0 Å². The van der Waals surface area contributed by atoms with Gasteiger partial charge in [-0.1, -0.05) is 35.5 Å². The third-order valence-corrected chi connectivity index (χ3v) is 4.08. The highest BCUT2D eigenvalue weighted by molar-refractivity contribution is 7.99. The van der Waals surface area contributed by atoms with Gasteiger partial charge in [0.25, 0.3) is 0 Å². The predicted molar refractivity (Wildman–Crippen MR) is 75.7 cm³/mol. The molecule has 18 heavy (non-hydrogen) atoms. The minimum absolute atomic E-state index is 0.00419. The molecular weight excluding hydrogens is 266 g/mol. The molecule has 3 nitrogen and oxygen atoms in total. The molecule has 0 amide bonds. The van der Waals surface area contributed by atoms with Crippen LogP contribution in [-0.4, -0.2) is 16.0 Å². The summed E-state index contributed by atoms with van der Waals surface area (Å²) in [6, 6.07) is 7.76. The maximum atomic E-state index is 6.05. The Morgan fingerprint density at radius 3 is 2.78 bits per heavy atom. The van der Waals surface area contributed by atoms with Crippen LogP contribution >= 0.6 is 23.4 Å². The number of hydrogen-bond acceptors (Lipinski definition) is 4. The molecule has 1 aromatic carbocycles. The number of rotatable bonds is 4. The molecule has 0 saturated carbocycles. The van der Waals surface area contributed by atoms with Crippen LogP contribution in [0.4, 0.5) is 0 Å². The Kier molecular flexibility index (Phi) is 4.58. The number of hydrogen-bond donors (Lipinski definition) is 1. The first-order valence-electron chi connectivity index (χ1n) is 5.60. The first-order chi connectivity index (χ1) is 8.66. The number of nitrogens with zero attached hydrogens (tertiary/aromatic N) is 2. The van der Waals surface area contributed by atoms with Gasteiger partial charge in [-0.2, -0.15) is 0 Å². The van der Waals surface area contributed by atoms with Gasteiger partial charge >= 0.3 is 0 Å². The van der Waals surface area contributed by atoms with Crippen LogP contribution in [0, 0.1) is 0 Å². The van der Waals surface area contributed by atoms with E-state index in [1.165, 1.54) is 0 Å². The second-order valence-electron chi connectivity index (χ2n) is 4.00. The van der Waals surface area contributed by atoms with E-state index < -0.39 is 0 Å². The van der Waals surface area contributed by atoms with Gasteiger partial charge in [0.05, 0.1) is 11.4 Å². The molecule has 0 aliphatic carbocycles. The molecule has 0 aliphatic heterocycles. The van der Waals surface area contributed by atoms with Crippen molar-refractivity contribution in [3.05, 3.63) is 53.4 Å². The zero-order valence-corrected chi connectivity index (χ0v) is 11.5. The van der Waals surface area contributed by atoms with E-state index in [-0.39, 0.29) is 11.3 Å². The molecule has 0 fully saturated rings. The number of halogens is 1. The van der Waals surface area contributed by atoms with Crippen molar-refractivity contribution in [2.45, 2.75) is 23.2 Å². The molecular formula is C13H14ClN3S. The molecule has 0 saturated heterocycles. The lowest BCUT2D eigenvalue weighted by molar-refractivity contribution is 0.720. The van der Waals surface area contributed by atoms with E-state index in [9.17, 15) is 0 Å². The van der Waals surface area contributed by atoms with Gasteiger partial charge in [0, 0.05) is 23.5 Å². The summed E-state index contributed by atoms with van der Waals surface area (Å²) in [4.78, 5) is 8.32. The summed E-state index contributed by atoms with van der Waals surface area (Å²) in [5.74, 6) is 0. The van der Waals surface area contributed by atoms with Crippen LogP contribution in [-0.2, 0) is 0 Å². The number of benzene rings is 1. The van der Waals surface area contributed by atoms with Gasteiger partial charge < -0.3 is 5.73 Å². The van der Waals surface area contributed by atoms with Gasteiger partial charge in [0.1, 0.15) is 5.03 Å². The molecule has 0 spiro atoms. The Labute approximate surface area is 116 Å². The number of aromatic nitrogens is 2. The highest BCUT2D eigenvalue weighted by Crippen LogP contribution is 2.36. The zero-order chi connectivity index (χ0) is 13.0. The smallest absolute Gasteiger partial charge is 0.115 e. The van der Waals surface area contributed by atoms with Gasteiger partial charge in [-0.3, -0.25) is 4.98 Å². The summed E-state index contributed by atoms with van der Waals surface area (Å²) in [6.07, 6.45) is 5.08. The first-order valence-corrected chi connectivity index (χ1v) is 6.86. The molecule has 0 aliphatic rings. The quantitative estimate of drug-likeness (QED) is 0.873. The zero-order valence-electron chi connectivity index (χ0n) is 9.95. The van der Waals surface area contributed by atoms with Crippen LogP contribution < -0.4 is 5.73 Å². The van der Waals surface area contributed by atoms with E-state index >= 15 is 0 Å². The Hall–Kier alpha value is -1.10. The Morgan fingerprint density at radius 2 is 2.17 bits per heavy atom. The van der Waals surface area contributed by atoms with Crippen molar-refractivity contribution < 1.29 is 0 Å². The van der Waals surface area contributed by atoms with Crippen LogP contribution in [0.15, 0.2) is 47.9 Å². The minimum atomic E-state index is -0.00419. The predicted octanol–water partition coefficient (Wildman–Crippen LogP) is 3.31. The van der Waals surface area contributed by atoms with Crippen molar-refractivity contribution in [2.75, 3.05) is 0 Å². The third kappa shape index (κ3) is 3.45. The topological polar surface area (TPSA) is 51.8 Å². The van der Waals surface area contributed by atoms with E-state index in [2.05, 4.69) is 9.97 Å². The van der Waals surface area contributed by atoms with Crippen molar-refractivity contribution in [2.24, 2.45) is 5.73 Å². The Morgan fingerprint density at radius 1 is 1.33 bits per heavy atom. The summed E-state index contributed by atoms with van der Waals surface area (Å²) >= 11 is 7.62. The van der Waals surface area contributed by atoms with Gasteiger partial charge in [-0.15, -0.1) is 0 Å². The third-order valence-electron chi connectivity index (χ3n) is 2.44. The van der Waals surface area contributed by atoms with Gasteiger partial charge in [0.2, 0.25) is 0 Å². The lowest BCUT2D eigenvalue weighted by atomic mass is 10.1. The van der Waals surface area contributed by atoms with E-state index in [0.717, 1.165) is 15.6 Å². The molecule has 2 aromatic rings. The van der Waals surface area contributed by atoms with Crippen molar-refractivity contribution in [1.82, 2.24) is 9.97 Å². The lowest BCUT2D eigenvalue weighted by Crippen LogP contribution is -2.22. The molecule has 0 bridgehead atoms. The summed E-state index contributed by atoms with van der Waals surface area (Å²) in [7, 11) is 0. The van der Waals surface area contributed by atoms with Gasteiger partial charge in [-0.05, 0) is 24.6 Å². The fraction of sp³-hybridized carbons (Fsp3) is 0.231. The number of thioether (sulfide) groups is 1. The molecule has 0 radical (unpaired) electrons. The van der Waals surface area contributed by atoms with Crippen molar-refractivity contribution in [1.29, 1.82) is 0 Å². The summed E-state index contributed by atoms with van der Waals surface area (Å²) in [5, 5.41) is 1.69. The molecule has 2 unspecified atom stereocenters.